The summed E-state index contributed by atoms with van der Waals surface area (Å²) in [6.07, 6.45) is 7.24. The Labute approximate surface area is 116 Å². The summed E-state index contributed by atoms with van der Waals surface area (Å²) in [5, 5.41) is 4.01. The summed E-state index contributed by atoms with van der Waals surface area (Å²) in [6, 6.07) is 7.80. The Morgan fingerprint density at radius 1 is 1.33 bits per heavy atom. The van der Waals surface area contributed by atoms with Gasteiger partial charge < -0.3 is 0 Å². The van der Waals surface area contributed by atoms with E-state index < -0.39 is 0 Å². The average Bonchev–Trinajstić information content (AvgIpc) is 2.40. The quantitative estimate of drug-likeness (QED) is 0.674. The van der Waals surface area contributed by atoms with Crippen LogP contribution >= 0.6 is 15.9 Å². The van der Waals surface area contributed by atoms with E-state index in [1.807, 2.05) is 24.3 Å². The van der Waals surface area contributed by atoms with Crippen molar-refractivity contribution < 1.29 is 4.79 Å². The zero-order valence-electron chi connectivity index (χ0n) is 10.2. The van der Waals surface area contributed by atoms with Gasteiger partial charge in [-0.15, -0.1) is 0 Å². The largest absolute Gasteiger partial charge is 0.273 e. The van der Waals surface area contributed by atoms with Crippen molar-refractivity contribution in [3.05, 3.63) is 34.3 Å². The minimum Gasteiger partial charge on any atom is -0.273 e. The lowest BCUT2D eigenvalue weighted by Crippen LogP contribution is -2.28. The fraction of sp³-hybridized carbons (Fsp3) is 0.429. The van der Waals surface area contributed by atoms with Gasteiger partial charge in [0, 0.05) is 10.4 Å². The van der Waals surface area contributed by atoms with Crippen LogP contribution in [0.2, 0.25) is 0 Å². The normalized spacial score (nSPS) is 16.9. The Morgan fingerprint density at radius 2 is 2.11 bits per heavy atom. The summed E-state index contributed by atoms with van der Waals surface area (Å²) in [5.74, 6) is 0.208. The molecule has 1 fully saturated rings. The highest BCUT2D eigenvalue weighted by atomic mass is 79.9. The highest BCUT2D eigenvalue weighted by Crippen LogP contribution is 2.23. The van der Waals surface area contributed by atoms with Crippen LogP contribution in [0.25, 0.3) is 0 Å². The fourth-order valence-corrected chi connectivity index (χ4v) is 2.63. The number of nitrogens with zero attached hydrogens (tertiary/aromatic N) is 1. The van der Waals surface area contributed by atoms with E-state index in [1.165, 1.54) is 6.42 Å². The third kappa shape index (κ3) is 3.95. The van der Waals surface area contributed by atoms with Crippen LogP contribution in [0.3, 0.4) is 0 Å². The van der Waals surface area contributed by atoms with Crippen LogP contribution in [0.15, 0.2) is 33.8 Å². The lowest BCUT2D eigenvalue weighted by Gasteiger charge is -2.19. The molecule has 0 heterocycles. The average molecular weight is 309 g/mol. The second kappa shape index (κ2) is 6.69. The monoisotopic (exact) mass is 308 g/mol. The number of carbonyl (C=O) groups is 1. The van der Waals surface area contributed by atoms with E-state index in [-0.39, 0.29) is 11.8 Å². The van der Waals surface area contributed by atoms with E-state index in [0.29, 0.717) is 0 Å². The number of hydrogen-bond donors (Lipinski definition) is 1. The minimum absolute atomic E-state index is 0.0564. The molecule has 0 bridgehead atoms. The van der Waals surface area contributed by atoms with Crippen molar-refractivity contribution in [2.75, 3.05) is 0 Å². The third-order valence-electron chi connectivity index (χ3n) is 3.21. The Kier molecular flexibility index (Phi) is 4.93. The summed E-state index contributed by atoms with van der Waals surface area (Å²) in [5.41, 5.74) is 3.60. The third-order valence-corrected chi connectivity index (χ3v) is 3.71. The minimum atomic E-state index is 0.0564. The zero-order chi connectivity index (χ0) is 12.8. The first kappa shape index (κ1) is 13.3. The van der Waals surface area contributed by atoms with Crippen LogP contribution in [0, 0.1) is 5.92 Å². The first-order chi connectivity index (χ1) is 8.75. The Morgan fingerprint density at radius 3 is 2.83 bits per heavy atom. The second-order valence-electron chi connectivity index (χ2n) is 4.62. The van der Waals surface area contributed by atoms with Crippen molar-refractivity contribution in [2.45, 2.75) is 32.1 Å². The van der Waals surface area contributed by atoms with E-state index in [2.05, 4.69) is 26.5 Å². The van der Waals surface area contributed by atoms with E-state index in [1.54, 1.807) is 6.21 Å². The van der Waals surface area contributed by atoms with Gasteiger partial charge in [-0.05, 0) is 30.5 Å². The van der Waals surface area contributed by atoms with E-state index in [9.17, 15) is 4.79 Å². The van der Waals surface area contributed by atoms with Crippen LogP contribution < -0.4 is 5.43 Å². The van der Waals surface area contributed by atoms with Gasteiger partial charge in [-0.2, -0.15) is 5.10 Å². The molecule has 4 heteroatoms. The van der Waals surface area contributed by atoms with Crippen LogP contribution in [-0.4, -0.2) is 12.1 Å². The number of rotatable bonds is 3. The maximum absolute atomic E-state index is 11.8. The van der Waals surface area contributed by atoms with E-state index >= 15 is 0 Å². The van der Waals surface area contributed by atoms with Crippen molar-refractivity contribution in [1.82, 2.24) is 5.43 Å². The molecule has 1 aromatic carbocycles. The number of halogens is 1. The Hall–Kier alpha value is -1.16. The van der Waals surface area contributed by atoms with Crippen molar-refractivity contribution >= 4 is 28.1 Å². The highest BCUT2D eigenvalue weighted by molar-refractivity contribution is 9.10. The SMILES string of the molecule is O=C(NN=Cc1cccc(Br)c1)C1CCCCC1. The molecule has 0 aliphatic heterocycles. The number of hydrazone groups is 1. The molecular weight excluding hydrogens is 292 g/mol. The zero-order valence-corrected chi connectivity index (χ0v) is 11.8. The van der Waals surface area contributed by atoms with Crippen LogP contribution in [0.5, 0.6) is 0 Å². The predicted octanol–water partition coefficient (Wildman–Crippen LogP) is 3.48. The summed E-state index contributed by atoms with van der Waals surface area (Å²) in [7, 11) is 0. The Bertz CT molecular complexity index is 439. The molecule has 18 heavy (non-hydrogen) atoms. The lowest BCUT2D eigenvalue weighted by molar-refractivity contribution is -0.125. The van der Waals surface area contributed by atoms with E-state index in [0.717, 1.165) is 35.7 Å². The Balaban J connectivity index is 1.85. The smallest absolute Gasteiger partial charge is 0.243 e. The number of hydrogen-bond acceptors (Lipinski definition) is 2. The van der Waals surface area contributed by atoms with Gasteiger partial charge in [-0.1, -0.05) is 47.3 Å². The first-order valence-electron chi connectivity index (χ1n) is 6.34. The van der Waals surface area contributed by atoms with Gasteiger partial charge in [0.25, 0.3) is 0 Å². The highest BCUT2D eigenvalue weighted by Gasteiger charge is 2.20. The van der Waals surface area contributed by atoms with Crippen LogP contribution in [0.1, 0.15) is 37.7 Å². The van der Waals surface area contributed by atoms with Gasteiger partial charge in [0.1, 0.15) is 0 Å². The predicted molar refractivity (Wildman–Crippen MR) is 76.5 cm³/mol. The van der Waals surface area contributed by atoms with Crippen LogP contribution in [0.4, 0.5) is 0 Å². The van der Waals surface area contributed by atoms with Crippen molar-refractivity contribution in [3.63, 3.8) is 0 Å². The lowest BCUT2D eigenvalue weighted by atomic mass is 9.89. The van der Waals surface area contributed by atoms with Crippen molar-refractivity contribution in [1.29, 1.82) is 0 Å². The molecule has 2 rings (SSSR count). The number of nitrogens with one attached hydrogen (secondary N) is 1. The van der Waals surface area contributed by atoms with E-state index in [4.69, 9.17) is 0 Å². The molecule has 1 aliphatic rings. The van der Waals surface area contributed by atoms with Gasteiger partial charge in [-0.3, -0.25) is 4.79 Å². The molecule has 0 spiro atoms. The fourth-order valence-electron chi connectivity index (χ4n) is 2.21. The maximum atomic E-state index is 11.8. The molecule has 0 radical (unpaired) electrons. The summed E-state index contributed by atoms with van der Waals surface area (Å²) in [4.78, 5) is 11.8. The molecule has 96 valence electrons. The second-order valence-corrected chi connectivity index (χ2v) is 5.54. The number of carbonyl (C=O) groups excluding carboxylic acids is 1. The molecule has 1 amide bonds. The molecule has 1 N–H and O–H groups in total. The van der Waals surface area contributed by atoms with Gasteiger partial charge in [-0.25, -0.2) is 5.43 Å². The molecule has 0 atom stereocenters. The standard InChI is InChI=1S/C14H17BrN2O/c15-13-8-4-5-11(9-13)10-16-17-14(18)12-6-2-1-3-7-12/h4-5,8-10,12H,1-3,6-7H2,(H,17,18). The number of benzene rings is 1. The van der Waals surface area contributed by atoms with Crippen LogP contribution in [-0.2, 0) is 4.79 Å². The molecule has 3 nitrogen and oxygen atoms in total. The molecule has 1 saturated carbocycles. The summed E-state index contributed by atoms with van der Waals surface area (Å²) >= 11 is 3.40. The van der Waals surface area contributed by atoms with Gasteiger partial charge in [0.2, 0.25) is 5.91 Å². The molecular formula is C14H17BrN2O. The molecule has 0 unspecified atom stereocenters. The molecule has 1 aliphatic carbocycles. The van der Waals surface area contributed by atoms with Crippen molar-refractivity contribution in [3.8, 4) is 0 Å². The number of amides is 1. The maximum Gasteiger partial charge on any atom is 0.243 e. The first-order valence-corrected chi connectivity index (χ1v) is 7.13. The topological polar surface area (TPSA) is 41.5 Å². The molecule has 0 aromatic heterocycles. The summed E-state index contributed by atoms with van der Waals surface area (Å²) < 4.78 is 1.00. The molecule has 0 saturated heterocycles. The van der Waals surface area contributed by atoms with Gasteiger partial charge in [0.05, 0.1) is 6.21 Å². The van der Waals surface area contributed by atoms with Crippen molar-refractivity contribution in [2.24, 2.45) is 11.0 Å². The van der Waals surface area contributed by atoms with Gasteiger partial charge in [0.15, 0.2) is 0 Å². The summed E-state index contributed by atoms with van der Waals surface area (Å²) in [6.45, 7) is 0. The van der Waals surface area contributed by atoms with Gasteiger partial charge >= 0.3 is 0 Å². The molecule has 1 aromatic rings.